The molecule has 3 amide bonds. The lowest BCUT2D eigenvalue weighted by molar-refractivity contribution is -0.181. The van der Waals surface area contributed by atoms with Crippen LogP contribution >= 0.6 is 11.6 Å². The van der Waals surface area contributed by atoms with E-state index in [2.05, 4.69) is 0 Å². The van der Waals surface area contributed by atoms with Gasteiger partial charge in [0.25, 0.3) is 5.91 Å². The normalized spacial score (nSPS) is 21.7. The number of hydrogen-bond donors (Lipinski definition) is 0. The predicted molar refractivity (Wildman–Crippen MR) is 121 cm³/mol. The molecule has 0 aromatic heterocycles. The number of hydrogen-bond acceptors (Lipinski definition) is 4. The van der Waals surface area contributed by atoms with E-state index in [0.29, 0.717) is 11.6 Å². The van der Waals surface area contributed by atoms with E-state index in [4.69, 9.17) is 16.3 Å². The van der Waals surface area contributed by atoms with Gasteiger partial charge >= 0.3 is 6.09 Å². The second-order valence-electron chi connectivity index (χ2n) is 10.2. The van der Waals surface area contributed by atoms with Gasteiger partial charge in [-0.3, -0.25) is 9.59 Å². The SMILES string of the molecule is CC(C)(C)OC(=O)N1CC2(C1)C(=O)N(C1CCCCC1)CC(=O)N2Cc1ccc(Cl)cc1. The summed E-state index contributed by atoms with van der Waals surface area (Å²) in [4.78, 5) is 44.7. The number of halogens is 1. The molecule has 4 rings (SSSR count). The van der Waals surface area contributed by atoms with Gasteiger partial charge in [-0.05, 0) is 51.3 Å². The van der Waals surface area contributed by atoms with Crippen molar-refractivity contribution < 1.29 is 19.1 Å². The summed E-state index contributed by atoms with van der Waals surface area (Å²) in [7, 11) is 0. The average Bonchev–Trinajstić information content (AvgIpc) is 2.70. The quantitative estimate of drug-likeness (QED) is 0.685. The van der Waals surface area contributed by atoms with Gasteiger partial charge in [-0.15, -0.1) is 0 Å². The number of likely N-dealkylation sites (tertiary alicyclic amines) is 1. The second-order valence-corrected chi connectivity index (χ2v) is 10.6. The minimum absolute atomic E-state index is 0.0437. The second kappa shape index (κ2) is 8.58. The van der Waals surface area contributed by atoms with Crippen molar-refractivity contribution in [3.8, 4) is 0 Å². The summed E-state index contributed by atoms with van der Waals surface area (Å²) in [5.41, 5.74) is -0.760. The van der Waals surface area contributed by atoms with Crippen molar-refractivity contribution in [2.24, 2.45) is 0 Å². The number of carbonyl (C=O) groups is 3. The molecule has 2 aliphatic heterocycles. The van der Waals surface area contributed by atoms with Crippen LogP contribution in [0, 0.1) is 0 Å². The number of benzene rings is 1. The van der Waals surface area contributed by atoms with Gasteiger partial charge in [0.05, 0.1) is 13.1 Å². The highest BCUT2D eigenvalue weighted by atomic mass is 35.5. The molecule has 7 nitrogen and oxygen atoms in total. The summed E-state index contributed by atoms with van der Waals surface area (Å²) < 4.78 is 5.49. The Morgan fingerprint density at radius 1 is 1.09 bits per heavy atom. The molecule has 2 heterocycles. The first kappa shape index (κ1) is 22.9. The van der Waals surface area contributed by atoms with Crippen molar-refractivity contribution in [1.29, 1.82) is 0 Å². The molecule has 32 heavy (non-hydrogen) atoms. The van der Waals surface area contributed by atoms with E-state index in [1.165, 1.54) is 11.3 Å². The van der Waals surface area contributed by atoms with Crippen LogP contribution in [0.15, 0.2) is 24.3 Å². The summed E-state index contributed by atoms with van der Waals surface area (Å²) in [5.74, 6) is -0.119. The Balaban J connectivity index is 1.59. The Morgan fingerprint density at radius 2 is 1.72 bits per heavy atom. The van der Waals surface area contributed by atoms with Gasteiger partial charge in [0.2, 0.25) is 5.91 Å². The predicted octanol–water partition coefficient (Wildman–Crippen LogP) is 3.83. The van der Waals surface area contributed by atoms with Crippen LogP contribution in [0.2, 0.25) is 5.02 Å². The van der Waals surface area contributed by atoms with Crippen LogP contribution in [-0.4, -0.2) is 69.4 Å². The summed E-state index contributed by atoms with van der Waals surface area (Å²) in [6, 6.07) is 7.39. The van der Waals surface area contributed by atoms with Gasteiger partial charge in [0, 0.05) is 17.6 Å². The topological polar surface area (TPSA) is 70.2 Å². The third-order valence-corrected chi connectivity index (χ3v) is 6.86. The van der Waals surface area contributed by atoms with E-state index in [-0.39, 0.29) is 37.5 Å². The Morgan fingerprint density at radius 3 is 2.31 bits per heavy atom. The summed E-state index contributed by atoms with van der Waals surface area (Å²) in [5, 5.41) is 0.618. The fourth-order valence-corrected chi connectivity index (χ4v) is 5.10. The highest BCUT2D eigenvalue weighted by Crippen LogP contribution is 2.38. The van der Waals surface area contributed by atoms with Crippen LogP contribution in [0.5, 0.6) is 0 Å². The molecule has 1 saturated carbocycles. The number of ether oxygens (including phenoxy) is 1. The molecule has 0 atom stereocenters. The molecule has 0 radical (unpaired) electrons. The van der Waals surface area contributed by atoms with Gasteiger partial charge in [-0.25, -0.2) is 4.79 Å². The molecular formula is C24H32ClN3O4. The highest BCUT2D eigenvalue weighted by molar-refractivity contribution is 6.30. The molecule has 1 aromatic rings. The first-order valence-corrected chi connectivity index (χ1v) is 11.8. The van der Waals surface area contributed by atoms with Crippen molar-refractivity contribution in [3.05, 3.63) is 34.9 Å². The minimum Gasteiger partial charge on any atom is -0.444 e. The average molecular weight is 462 g/mol. The molecular weight excluding hydrogens is 430 g/mol. The largest absolute Gasteiger partial charge is 0.444 e. The molecule has 0 N–H and O–H groups in total. The number of carbonyl (C=O) groups excluding carboxylic acids is 3. The van der Waals surface area contributed by atoms with E-state index in [9.17, 15) is 14.4 Å². The summed E-state index contributed by atoms with van der Waals surface area (Å²) in [6.45, 7) is 6.16. The van der Waals surface area contributed by atoms with Gasteiger partial charge < -0.3 is 19.4 Å². The van der Waals surface area contributed by atoms with Crippen molar-refractivity contribution in [3.63, 3.8) is 0 Å². The van der Waals surface area contributed by atoms with Crippen LogP contribution in [0.4, 0.5) is 4.79 Å². The van der Waals surface area contributed by atoms with Crippen molar-refractivity contribution >= 4 is 29.5 Å². The van der Waals surface area contributed by atoms with Crippen LogP contribution in [0.1, 0.15) is 58.4 Å². The highest BCUT2D eigenvalue weighted by Gasteiger charge is 2.61. The smallest absolute Gasteiger partial charge is 0.410 e. The van der Waals surface area contributed by atoms with Crippen molar-refractivity contribution in [1.82, 2.24) is 14.7 Å². The molecule has 3 aliphatic rings. The molecule has 2 saturated heterocycles. The number of nitrogens with zero attached hydrogens (tertiary/aromatic N) is 3. The molecule has 0 bridgehead atoms. The van der Waals surface area contributed by atoms with Crippen molar-refractivity contribution in [2.45, 2.75) is 76.6 Å². The Bertz CT molecular complexity index is 884. The maximum Gasteiger partial charge on any atom is 0.410 e. The summed E-state index contributed by atoms with van der Waals surface area (Å²) >= 11 is 6.01. The molecule has 174 valence electrons. The maximum atomic E-state index is 13.8. The molecule has 0 unspecified atom stereocenters. The third-order valence-electron chi connectivity index (χ3n) is 6.61. The number of rotatable bonds is 3. The third kappa shape index (κ3) is 4.45. The van der Waals surface area contributed by atoms with Crippen LogP contribution in [-0.2, 0) is 20.9 Å². The fraction of sp³-hybridized carbons (Fsp3) is 0.625. The Labute approximate surface area is 194 Å². The molecule has 8 heteroatoms. The van der Waals surface area contributed by atoms with E-state index >= 15 is 0 Å². The first-order chi connectivity index (χ1) is 15.1. The van der Waals surface area contributed by atoms with E-state index in [0.717, 1.165) is 31.2 Å². The lowest BCUT2D eigenvalue weighted by atomic mass is 9.82. The van der Waals surface area contributed by atoms with Gasteiger partial charge in [0.15, 0.2) is 5.54 Å². The zero-order valence-electron chi connectivity index (χ0n) is 19.1. The lowest BCUT2D eigenvalue weighted by Gasteiger charge is -2.58. The molecule has 1 spiro atoms. The Kier molecular flexibility index (Phi) is 6.14. The van der Waals surface area contributed by atoms with Crippen LogP contribution in [0.3, 0.4) is 0 Å². The van der Waals surface area contributed by atoms with Crippen LogP contribution in [0.25, 0.3) is 0 Å². The lowest BCUT2D eigenvalue weighted by Crippen LogP contribution is -2.81. The van der Waals surface area contributed by atoms with E-state index in [1.807, 2.05) is 32.9 Å². The number of piperazine rings is 1. The fourth-order valence-electron chi connectivity index (χ4n) is 4.97. The van der Waals surface area contributed by atoms with E-state index in [1.54, 1.807) is 21.9 Å². The number of amides is 3. The standard InChI is InChI=1S/C24H32ClN3O4/c1-23(2,3)32-22(31)26-15-24(16-26)21(30)27(19-7-5-4-6-8-19)14-20(29)28(24)13-17-9-11-18(25)12-10-17/h9-12,19H,4-8,13-16H2,1-3H3. The van der Waals surface area contributed by atoms with Gasteiger partial charge in [-0.1, -0.05) is 43.0 Å². The van der Waals surface area contributed by atoms with E-state index < -0.39 is 17.2 Å². The minimum atomic E-state index is -1.04. The zero-order chi connectivity index (χ0) is 23.1. The molecule has 1 aromatic carbocycles. The Hall–Kier alpha value is -2.28. The van der Waals surface area contributed by atoms with Crippen molar-refractivity contribution in [2.75, 3.05) is 19.6 Å². The summed E-state index contributed by atoms with van der Waals surface area (Å²) in [6.07, 6.45) is 4.74. The van der Waals surface area contributed by atoms with Crippen LogP contribution < -0.4 is 0 Å². The molecule has 3 fully saturated rings. The van der Waals surface area contributed by atoms with Gasteiger partial charge in [-0.2, -0.15) is 0 Å². The zero-order valence-corrected chi connectivity index (χ0v) is 19.9. The maximum absolute atomic E-state index is 13.8. The first-order valence-electron chi connectivity index (χ1n) is 11.4. The monoisotopic (exact) mass is 461 g/mol. The van der Waals surface area contributed by atoms with Gasteiger partial charge in [0.1, 0.15) is 12.1 Å². The molecule has 1 aliphatic carbocycles.